The van der Waals surface area contributed by atoms with Crippen molar-refractivity contribution < 1.29 is 4.79 Å². The quantitative estimate of drug-likeness (QED) is 0.0763. The van der Waals surface area contributed by atoms with Crippen molar-refractivity contribution in [3.63, 3.8) is 0 Å². The predicted octanol–water partition coefficient (Wildman–Crippen LogP) is 11.6. The number of hydrogen-bond donors (Lipinski definition) is 1. The van der Waals surface area contributed by atoms with E-state index >= 15 is 0 Å². The number of unbranched alkanes of at least 4 members (excludes halogenated alkanes) is 24. The minimum atomic E-state index is 0.270. The Balaban J connectivity index is 3.18. The topological polar surface area (TPSA) is 29.1 Å². The number of nitrogens with one attached hydrogen (secondary N) is 1. The van der Waals surface area contributed by atoms with Crippen LogP contribution in [0.1, 0.15) is 194 Å². The Hall–Kier alpha value is -0.790. The van der Waals surface area contributed by atoms with E-state index in [1.807, 2.05) is 0 Å². The zero-order chi connectivity index (χ0) is 26.2. The third-order valence-electron chi connectivity index (χ3n) is 7.52. The van der Waals surface area contributed by atoms with Crippen molar-refractivity contribution in [3.05, 3.63) is 12.2 Å². The molecule has 214 valence electrons. The molecule has 0 unspecified atom stereocenters. The predicted molar refractivity (Wildman–Crippen MR) is 163 cm³/mol. The van der Waals surface area contributed by atoms with Gasteiger partial charge in [-0.3, -0.25) is 4.79 Å². The minimum Gasteiger partial charge on any atom is -0.356 e. The summed E-state index contributed by atoms with van der Waals surface area (Å²) < 4.78 is 0. The monoisotopic (exact) mass is 506 g/mol. The van der Waals surface area contributed by atoms with Gasteiger partial charge < -0.3 is 5.32 Å². The van der Waals surface area contributed by atoms with E-state index in [4.69, 9.17) is 0 Å². The highest BCUT2D eigenvalue weighted by Crippen LogP contribution is 2.13. The zero-order valence-electron chi connectivity index (χ0n) is 25.1. The Kier molecular flexibility index (Phi) is 31.5. The van der Waals surface area contributed by atoms with Gasteiger partial charge in [-0.25, -0.2) is 0 Å². The van der Waals surface area contributed by atoms with Crippen LogP contribution in [0.4, 0.5) is 0 Å². The lowest BCUT2D eigenvalue weighted by Gasteiger charge is -2.06. The molecule has 0 radical (unpaired) electrons. The van der Waals surface area contributed by atoms with Crippen LogP contribution in [0.3, 0.4) is 0 Å². The molecule has 0 heterocycles. The molecule has 0 saturated heterocycles. The Bertz CT molecular complexity index is 444. The van der Waals surface area contributed by atoms with Gasteiger partial charge in [0, 0.05) is 13.0 Å². The van der Waals surface area contributed by atoms with Crippen LogP contribution in [0, 0.1) is 0 Å². The van der Waals surface area contributed by atoms with Crippen LogP contribution in [0.2, 0.25) is 0 Å². The molecule has 0 aliphatic rings. The average molecular weight is 506 g/mol. The lowest BCUT2D eigenvalue weighted by Crippen LogP contribution is -2.23. The van der Waals surface area contributed by atoms with Gasteiger partial charge in [0.15, 0.2) is 0 Å². The molecule has 2 nitrogen and oxygen atoms in total. The molecule has 0 bridgehead atoms. The molecule has 0 aromatic rings. The van der Waals surface area contributed by atoms with E-state index in [-0.39, 0.29) is 5.91 Å². The van der Waals surface area contributed by atoms with Crippen molar-refractivity contribution in [3.8, 4) is 0 Å². The maximum atomic E-state index is 12.0. The normalized spacial score (nSPS) is 11.5. The van der Waals surface area contributed by atoms with E-state index in [0.29, 0.717) is 0 Å². The summed E-state index contributed by atoms with van der Waals surface area (Å²) in [5.41, 5.74) is 0. The molecule has 2 heteroatoms. The van der Waals surface area contributed by atoms with Crippen LogP contribution in [0.15, 0.2) is 12.2 Å². The van der Waals surface area contributed by atoms with Crippen molar-refractivity contribution in [1.82, 2.24) is 5.32 Å². The van der Waals surface area contributed by atoms with Gasteiger partial charge in [0.1, 0.15) is 0 Å². The van der Waals surface area contributed by atoms with Gasteiger partial charge in [0.2, 0.25) is 5.91 Å². The first kappa shape index (κ1) is 35.2. The van der Waals surface area contributed by atoms with Gasteiger partial charge in [0.05, 0.1) is 0 Å². The fourth-order valence-corrected chi connectivity index (χ4v) is 4.99. The Morgan fingerprint density at radius 2 is 0.778 bits per heavy atom. The summed E-state index contributed by atoms with van der Waals surface area (Å²) in [6.07, 6.45) is 41.9. The SMILES string of the molecule is CCCCCCCCC=CCCCCCCCCCCCC(=O)NCCCCCCCCCCCC. The Morgan fingerprint density at radius 1 is 0.444 bits per heavy atom. The van der Waals surface area contributed by atoms with Gasteiger partial charge in [-0.2, -0.15) is 0 Å². The average Bonchev–Trinajstić information content (AvgIpc) is 2.88. The van der Waals surface area contributed by atoms with Crippen LogP contribution in [0.5, 0.6) is 0 Å². The Morgan fingerprint density at radius 3 is 1.19 bits per heavy atom. The van der Waals surface area contributed by atoms with E-state index in [0.717, 1.165) is 25.8 Å². The number of carbonyl (C=O) groups is 1. The summed E-state index contributed by atoms with van der Waals surface area (Å²) in [5, 5.41) is 3.12. The first-order valence-corrected chi connectivity index (χ1v) is 16.7. The van der Waals surface area contributed by atoms with E-state index in [9.17, 15) is 4.79 Å². The first-order chi connectivity index (χ1) is 17.8. The van der Waals surface area contributed by atoms with Crippen LogP contribution >= 0.6 is 0 Å². The van der Waals surface area contributed by atoms with Crippen molar-refractivity contribution >= 4 is 5.91 Å². The molecule has 0 spiro atoms. The highest BCUT2D eigenvalue weighted by atomic mass is 16.1. The number of hydrogen-bond acceptors (Lipinski definition) is 1. The summed E-state index contributed by atoms with van der Waals surface area (Å²) in [7, 11) is 0. The van der Waals surface area contributed by atoms with E-state index in [1.54, 1.807) is 0 Å². The summed E-state index contributed by atoms with van der Waals surface area (Å²) in [4.78, 5) is 12.0. The Labute approximate surface area is 228 Å². The van der Waals surface area contributed by atoms with Gasteiger partial charge in [-0.05, 0) is 38.5 Å². The molecular formula is C34H67NO. The molecule has 36 heavy (non-hydrogen) atoms. The molecule has 0 fully saturated rings. The third kappa shape index (κ3) is 31.2. The molecule has 0 aliphatic heterocycles. The van der Waals surface area contributed by atoms with Crippen LogP contribution in [-0.2, 0) is 4.79 Å². The van der Waals surface area contributed by atoms with Crippen molar-refractivity contribution in [1.29, 1.82) is 0 Å². The minimum absolute atomic E-state index is 0.270. The van der Waals surface area contributed by atoms with E-state index in [1.165, 1.54) is 161 Å². The van der Waals surface area contributed by atoms with Crippen LogP contribution in [0.25, 0.3) is 0 Å². The largest absolute Gasteiger partial charge is 0.356 e. The van der Waals surface area contributed by atoms with Gasteiger partial charge >= 0.3 is 0 Å². The molecule has 0 aromatic heterocycles. The molecule has 0 rings (SSSR count). The van der Waals surface area contributed by atoms with Gasteiger partial charge in [-0.15, -0.1) is 0 Å². The van der Waals surface area contributed by atoms with Crippen LogP contribution < -0.4 is 5.32 Å². The standard InChI is InChI=1S/C34H67NO/c1-3-5-7-9-11-13-15-16-17-18-19-20-21-22-23-24-26-28-30-32-34(36)35-33-31-29-27-25-14-12-10-8-6-4-2/h16-17H,3-15,18-33H2,1-2H3,(H,35,36). The van der Waals surface area contributed by atoms with Crippen LogP contribution in [-0.4, -0.2) is 12.5 Å². The number of carbonyl (C=O) groups excluding carboxylic acids is 1. The molecule has 1 N–H and O–H groups in total. The fourth-order valence-electron chi connectivity index (χ4n) is 4.99. The molecule has 0 aromatic carbocycles. The molecule has 0 saturated carbocycles. The molecular weight excluding hydrogens is 438 g/mol. The highest BCUT2D eigenvalue weighted by Gasteiger charge is 2.01. The first-order valence-electron chi connectivity index (χ1n) is 16.7. The van der Waals surface area contributed by atoms with Gasteiger partial charge in [-0.1, -0.05) is 161 Å². The summed E-state index contributed by atoms with van der Waals surface area (Å²) in [5.74, 6) is 0.270. The van der Waals surface area contributed by atoms with Gasteiger partial charge in [0.25, 0.3) is 0 Å². The smallest absolute Gasteiger partial charge is 0.219 e. The lowest BCUT2D eigenvalue weighted by molar-refractivity contribution is -0.121. The number of amides is 1. The molecule has 0 aliphatic carbocycles. The second-order valence-corrected chi connectivity index (χ2v) is 11.3. The van der Waals surface area contributed by atoms with E-state index in [2.05, 4.69) is 31.3 Å². The molecule has 1 amide bonds. The second kappa shape index (κ2) is 32.2. The third-order valence-corrected chi connectivity index (χ3v) is 7.52. The summed E-state index contributed by atoms with van der Waals surface area (Å²) in [6, 6.07) is 0. The van der Waals surface area contributed by atoms with Crippen molar-refractivity contribution in [2.45, 2.75) is 194 Å². The van der Waals surface area contributed by atoms with Crippen molar-refractivity contribution in [2.24, 2.45) is 0 Å². The van der Waals surface area contributed by atoms with E-state index < -0.39 is 0 Å². The maximum absolute atomic E-state index is 12.0. The highest BCUT2D eigenvalue weighted by molar-refractivity contribution is 5.75. The second-order valence-electron chi connectivity index (χ2n) is 11.3. The fraction of sp³-hybridized carbons (Fsp3) is 0.912. The summed E-state index contributed by atoms with van der Waals surface area (Å²) >= 11 is 0. The maximum Gasteiger partial charge on any atom is 0.219 e. The van der Waals surface area contributed by atoms with Crippen molar-refractivity contribution in [2.75, 3.05) is 6.54 Å². The zero-order valence-corrected chi connectivity index (χ0v) is 25.1. The number of allylic oxidation sites excluding steroid dienone is 2. The lowest BCUT2D eigenvalue weighted by atomic mass is 10.1. The summed E-state index contributed by atoms with van der Waals surface area (Å²) in [6.45, 7) is 5.44. The molecule has 0 atom stereocenters. The number of rotatable bonds is 30.